The molecule has 0 saturated heterocycles. The van der Waals surface area contributed by atoms with Crippen LogP contribution in [0.15, 0.2) is 30.6 Å². The number of rotatable bonds is 20. The van der Waals surface area contributed by atoms with Crippen LogP contribution in [0.25, 0.3) is 16.8 Å². The number of fused-ring (bicyclic) bond motifs is 1. The number of nitrogens with one attached hydrogen (secondary N) is 1. The van der Waals surface area contributed by atoms with E-state index in [4.69, 9.17) is 40.3 Å². The van der Waals surface area contributed by atoms with E-state index < -0.39 is 19.6 Å². The number of carbonyl (C=O) groups is 1. The summed E-state index contributed by atoms with van der Waals surface area (Å²) in [6.07, 6.45) is 5.38. The van der Waals surface area contributed by atoms with Crippen molar-refractivity contribution in [3.05, 3.63) is 41.4 Å². The van der Waals surface area contributed by atoms with Gasteiger partial charge in [-0.2, -0.15) is 9.61 Å². The van der Waals surface area contributed by atoms with Crippen LogP contribution >= 0.6 is 11.6 Å². The van der Waals surface area contributed by atoms with Crippen molar-refractivity contribution < 1.29 is 28.5 Å². The Kier molecular flexibility index (Phi) is 14.0. The predicted octanol–water partition coefficient (Wildman–Crippen LogP) is 6.05. The molecule has 0 aliphatic rings. The van der Waals surface area contributed by atoms with E-state index in [-0.39, 0.29) is 19.1 Å². The first kappa shape index (κ1) is 35.9. The van der Waals surface area contributed by atoms with E-state index in [0.717, 1.165) is 35.1 Å². The van der Waals surface area contributed by atoms with Gasteiger partial charge in [-0.25, -0.2) is 14.8 Å². The lowest BCUT2D eigenvalue weighted by Gasteiger charge is -2.29. The van der Waals surface area contributed by atoms with Gasteiger partial charge in [0.1, 0.15) is 24.3 Å². The van der Waals surface area contributed by atoms with Crippen molar-refractivity contribution in [2.24, 2.45) is 0 Å². The number of aromatic nitrogens is 4. The molecule has 0 spiro atoms. The first-order valence-electron chi connectivity index (χ1n) is 15.1. The van der Waals surface area contributed by atoms with Crippen molar-refractivity contribution in [3.8, 4) is 11.1 Å². The largest absolute Gasteiger partial charge is 0.461 e. The number of hydrogen-bond acceptors (Lipinski definition) is 10. The van der Waals surface area contributed by atoms with Crippen LogP contribution in [0, 0.1) is 0 Å². The summed E-state index contributed by atoms with van der Waals surface area (Å²) in [5.41, 5.74) is 2.11. The molecule has 0 aliphatic heterocycles. The fourth-order valence-electron chi connectivity index (χ4n) is 4.60. The zero-order valence-corrected chi connectivity index (χ0v) is 28.9. The van der Waals surface area contributed by atoms with E-state index >= 15 is 0 Å². The molecule has 0 aromatic carbocycles. The maximum atomic E-state index is 13.1. The topological polar surface area (TPSA) is 118 Å². The van der Waals surface area contributed by atoms with Crippen LogP contribution in [0.2, 0.25) is 30.8 Å². The Hall–Kier alpha value is -2.61. The summed E-state index contributed by atoms with van der Waals surface area (Å²) in [5.74, 6) is 0.370. The number of esters is 1. The molecule has 3 aromatic rings. The Morgan fingerprint density at radius 1 is 1.09 bits per heavy atom. The molecule has 11 nitrogen and oxygen atoms in total. The number of carbonyl (C=O) groups excluding carboxylic acids is 1. The number of hydrogen-bond donors (Lipinski definition) is 1. The predicted molar refractivity (Wildman–Crippen MR) is 175 cm³/mol. The van der Waals surface area contributed by atoms with Crippen molar-refractivity contribution in [3.63, 3.8) is 0 Å². The minimum absolute atomic E-state index is 0.0246. The van der Waals surface area contributed by atoms with Gasteiger partial charge in [0.2, 0.25) is 0 Å². The van der Waals surface area contributed by atoms with Crippen molar-refractivity contribution in [1.29, 1.82) is 0 Å². The van der Waals surface area contributed by atoms with E-state index in [2.05, 4.69) is 42.0 Å². The second kappa shape index (κ2) is 17.2. The van der Waals surface area contributed by atoms with Gasteiger partial charge in [0, 0.05) is 63.9 Å². The molecule has 0 saturated carbocycles. The van der Waals surface area contributed by atoms with E-state index in [0.29, 0.717) is 50.2 Å². The summed E-state index contributed by atoms with van der Waals surface area (Å²) in [6, 6.07) is 6.75. The van der Waals surface area contributed by atoms with Gasteiger partial charge < -0.3 is 29.0 Å². The molecule has 244 valence electrons. The minimum atomic E-state index is -1.20. The van der Waals surface area contributed by atoms with Crippen LogP contribution in [0.5, 0.6) is 0 Å². The Labute approximate surface area is 266 Å². The van der Waals surface area contributed by atoms with Gasteiger partial charge in [0.05, 0.1) is 26.0 Å². The maximum Gasteiger partial charge on any atom is 0.338 e. The fourth-order valence-corrected chi connectivity index (χ4v) is 5.46. The molecule has 3 heterocycles. The SMILES string of the molecule is CCC(CC[C@](C)(OCCOC)C(=O)OCCOC)c1cc(NCOCC[Si](C)(C)C)n2ncc(-c3ccc(Cl)nc3)c2n1. The number of pyridine rings is 1. The Bertz CT molecular complexity index is 1320. The maximum absolute atomic E-state index is 13.1. The number of halogens is 1. The lowest BCUT2D eigenvalue weighted by atomic mass is 9.89. The Morgan fingerprint density at radius 2 is 1.84 bits per heavy atom. The normalized spacial score (nSPS) is 14.0. The minimum Gasteiger partial charge on any atom is -0.461 e. The molecule has 44 heavy (non-hydrogen) atoms. The van der Waals surface area contributed by atoms with E-state index in [1.807, 2.05) is 12.1 Å². The smallest absolute Gasteiger partial charge is 0.338 e. The Morgan fingerprint density at radius 3 is 2.50 bits per heavy atom. The summed E-state index contributed by atoms with van der Waals surface area (Å²) in [6.45, 7) is 13.0. The standard InChI is InChI=1S/C31H48ClN5O6Si/c1-8-23(11-12-31(2,43-16-14-40-4)30(38)42-15-13-39-3)26-19-28(34-22-41-17-18-44(5,6)7)37-29(36-26)25(21-35-37)24-9-10-27(32)33-20-24/h9-10,19-21,23,34H,8,11-18,22H2,1-7H3/t23?,31-/m0/s1. The van der Waals surface area contributed by atoms with Crippen molar-refractivity contribution in [1.82, 2.24) is 19.6 Å². The van der Waals surface area contributed by atoms with Crippen molar-refractivity contribution in [2.45, 2.75) is 70.3 Å². The second-order valence-electron chi connectivity index (χ2n) is 12.1. The van der Waals surface area contributed by atoms with Gasteiger partial charge in [-0.3, -0.25) is 0 Å². The van der Waals surface area contributed by atoms with E-state index in [1.54, 1.807) is 44.1 Å². The van der Waals surface area contributed by atoms with Crippen molar-refractivity contribution in [2.75, 3.05) is 59.3 Å². The number of anilines is 1. The highest BCUT2D eigenvalue weighted by Crippen LogP contribution is 2.33. The van der Waals surface area contributed by atoms with Crippen LogP contribution < -0.4 is 5.32 Å². The molecule has 3 aromatic heterocycles. The number of nitrogens with zero attached hydrogens (tertiary/aromatic N) is 4. The van der Waals surface area contributed by atoms with Gasteiger partial charge >= 0.3 is 5.97 Å². The summed E-state index contributed by atoms with van der Waals surface area (Å²) >= 11 is 6.06. The molecular formula is C31H48ClN5O6Si. The van der Waals surface area contributed by atoms with Gasteiger partial charge in [-0.05, 0) is 44.4 Å². The zero-order chi connectivity index (χ0) is 32.2. The lowest BCUT2D eigenvalue weighted by molar-refractivity contribution is -0.174. The molecule has 0 fully saturated rings. The third-order valence-electron chi connectivity index (χ3n) is 7.42. The lowest BCUT2D eigenvalue weighted by Crippen LogP contribution is -2.41. The van der Waals surface area contributed by atoms with Gasteiger partial charge in [0.15, 0.2) is 11.2 Å². The Balaban J connectivity index is 1.90. The van der Waals surface area contributed by atoms with Crippen LogP contribution in [-0.2, 0) is 28.5 Å². The van der Waals surface area contributed by atoms with Gasteiger partial charge in [0.25, 0.3) is 0 Å². The molecular weight excluding hydrogens is 602 g/mol. The van der Waals surface area contributed by atoms with Crippen LogP contribution in [-0.4, -0.2) is 93.2 Å². The monoisotopic (exact) mass is 649 g/mol. The second-order valence-corrected chi connectivity index (χ2v) is 18.1. The molecule has 0 aliphatic carbocycles. The van der Waals surface area contributed by atoms with Gasteiger partial charge in [-0.1, -0.05) is 38.2 Å². The van der Waals surface area contributed by atoms with Crippen LogP contribution in [0.3, 0.4) is 0 Å². The average molecular weight is 650 g/mol. The molecule has 0 bridgehead atoms. The number of methoxy groups -OCH3 is 2. The fraction of sp³-hybridized carbons (Fsp3) is 0.613. The van der Waals surface area contributed by atoms with Gasteiger partial charge in [-0.15, -0.1) is 0 Å². The third kappa shape index (κ3) is 10.5. The molecule has 13 heteroatoms. The summed E-state index contributed by atoms with van der Waals surface area (Å²) in [7, 11) is 1.96. The molecule has 2 atom stereocenters. The zero-order valence-electron chi connectivity index (χ0n) is 27.2. The van der Waals surface area contributed by atoms with Crippen LogP contribution in [0.1, 0.15) is 44.7 Å². The molecule has 0 radical (unpaired) electrons. The van der Waals surface area contributed by atoms with E-state index in [1.165, 1.54) is 0 Å². The first-order chi connectivity index (χ1) is 21.0. The summed E-state index contributed by atoms with van der Waals surface area (Å²) in [4.78, 5) is 22.5. The third-order valence-corrected chi connectivity index (χ3v) is 9.35. The highest BCUT2D eigenvalue weighted by Gasteiger charge is 2.37. The number of ether oxygens (including phenoxy) is 5. The average Bonchev–Trinajstić information content (AvgIpc) is 3.41. The van der Waals surface area contributed by atoms with Crippen LogP contribution in [0.4, 0.5) is 5.82 Å². The van der Waals surface area contributed by atoms with Crippen molar-refractivity contribution >= 4 is 37.1 Å². The summed E-state index contributed by atoms with van der Waals surface area (Å²) in [5, 5.41) is 8.48. The molecule has 1 N–H and O–H groups in total. The van der Waals surface area contributed by atoms with E-state index in [9.17, 15) is 4.79 Å². The molecule has 3 rings (SSSR count). The highest BCUT2D eigenvalue weighted by molar-refractivity contribution is 6.76. The quantitative estimate of drug-likeness (QED) is 0.0509. The highest BCUT2D eigenvalue weighted by atomic mass is 35.5. The summed E-state index contributed by atoms with van der Waals surface area (Å²) < 4.78 is 29.5. The molecule has 1 unspecified atom stereocenters. The molecule has 0 amide bonds. The first-order valence-corrected chi connectivity index (χ1v) is 19.2.